The van der Waals surface area contributed by atoms with Crippen LogP contribution < -0.4 is 9.62 Å². The average Bonchev–Trinajstić information content (AvgIpc) is 3.98. The van der Waals surface area contributed by atoms with Crippen molar-refractivity contribution in [3.63, 3.8) is 0 Å². The summed E-state index contributed by atoms with van der Waals surface area (Å²) < 4.78 is 37.5. The summed E-state index contributed by atoms with van der Waals surface area (Å²) in [7, 11) is -4.56. The monoisotopic (exact) mass is 960 g/mol. The smallest absolute Gasteiger partial charge is 0.275 e. The van der Waals surface area contributed by atoms with Gasteiger partial charge in [0, 0.05) is 125 Å². The van der Waals surface area contributed by atoms with Crippen LogP contribution in [0.1, 0.15) is 67.4 Å². The molecule has 0 radical (unpaired) electrons. The van der Waals surface area contributed by atoms with Crippen LogP contribution in [0, 0.1) is 15.5 Å². The number of ether oxygens (including phenoxy) is 1. The first-order valence-electron chi connectivity index (χ1n) is 23.6. The number of nitro benzene ring substituents is 1. The second-order valence-electron chi connectivity index (χ2n) is 19.4. The Hall–Kier alpha value is -5.69. The molecule has 3 aromatic carbocycles. The Balaban J connectivity index is 0.884. The number of amides is 1. The highest BCUT2D eigenvalue weighted by atomic mass is 35.5. The number of carbonyl (C=O) groups is 1. The summed E-state index contributed by atoms with van der Waals surface area (Å²) in [4.78, 5) is 44.3. The molecule has 1 aliphatic carbocycles. The molecule has 3 saturated heterocycles. The summed E-state index contributed by atoms with van der Waals surface area (Å²) in [6, 6.07) is 21.7. The first kappa shape index (κ1) is 46.1. The Morgan fingerprint density at radius 3 is 2.41 bits per heavy atom. The van der Waals surface area contributed by atoms with Gasteiger partial charge in [-0.15, -0.1) is 0 Å². The van der Waals surface area contributed by atoms with Crippen molar-refractivity contribution in [2.45, 2.75) is 63.4 Å². The summed E-state index contributed by atoms with van der Waals surface area (Å²) in [5, 5.41) is 17.2. The van der Waals surface area contributed by atoms with Crippen molar-refractivity contribution >= 4 is 66.5 Å². The molecular weight excluding hydrogens is 904 g/mol. The van der Waals surface area contributed by atoms with Gasteiger partial charge in [0.15, 0.2) is 5.65 Å². The van der Waals surface area contributed by atoms with E-state index in [1.54, 1.807) is 23.1 Å². The molecule has 0 bridgehead atoms. The van der Waals surface area contributed by atoms with Crippen molar-refractivity contribution in [2.24, 2.45) is 5.41 Å². The van der Waals surface area contributed by atoms with Crippen LogP contribution in [0.4, 0.5) is 11.4 Å². The van der Waals surface area contributed by atoms with Crippen LogP contribution in [0.15, 0.2) is 95.7 Å². The molecule has 3 fully saturated rings. The molecule has 6 heterocycles. The largest absolute Gasteiger partial charge is 0.381 e. The lowest BCUT2D eigenvalue weighted by Gasteiger charge is -2.40. The number of anilines is 1. The van der Waals surface area contributed by atoms with Crippen LogP contribution >= 0.6 is 11.6 Å². The van der Waals surface area contributed by atoms with Gasteiger partial charge in [0.25, 0.3) is 21.6 Å². The number of fused-ring (bicyclic) bond motifs is 2. The quantitative estimate of drug-likeness (QED) is 0.0907. The lowest BCUT2D eigenvalue weighted by Crippen LogP contribution is -2.51. The van der Waals surface area contributed by atoms with Gasteiger partial charge in [-0.2, -0.15) is 0 Å². The maximum absolute atomic E-state index is 14.3. The molecule has 3 aliphatic heterocycles. The molecule has 6 aromatic rings. The van der Waals surface area contributed by atoms with Crippen LogP contribution in [0.2, 0.25) is 5.02 Å². The van der Waals surface area contributed by atoms with Gasteiger partial charge in [-0.1, -0.05) is 43.2 Å². The van der Waals surface area contributed by atoms with Crippen molar-refractivity contribution in [1.29, 1.82) is 0 Å². The van der Waals surface area contributed by atoms with E-state index in [0.29, 0.717) is 40.5 Å². The fraction of sp³-hybridized carbons (Fsp3) is 0.420. The maximum atomic E-state index is 14.3. The number of benzene rings is 3. The molecular formula is C50H57ClN10O6S. The lowest BCUT2D eigenvalue weighted by atomic mass is 9.72. The van der Waals surface area contributed by atoms with E-state index in [0.717, 1.165) is 126 Å². The fourth-order valence-corrected chi connectivity index (χ4v) is 11.5. The predicted molar refractivity (Wildman–Crippen MR) is 264 cm³/mol. The summed E-state index contributed by atoms with van der Waals surface area (Å²) in [5.41, 5.74) is 7.68. The standard InChI is InChI=1S/C50H57ClN10O6S/c1-50(2)15-11-36(43(30-50)34-3-6-38(51)7-4-34)32-56-19-23-59(24-20-56)40-8-10-42(46(28-40)60-47-27-35-12-16-52-48(35)54-44(47)31-53-60)49(62)55-68(65,66)41-9-5-37(45(29-41)61(63)64)33-57-17-21-58(22-18-57)39-13-25-67-26-14-39/h3-10,12,16,27-29,31,39,53H,11,13-15,17-26,30,32-33H2,1-2H3,(H,55,62). The van der Waals surface area contributed by atoms with Crippen LogP contribution in [0.5, 0.6) is 0 Å². The third kappa shape index (κ3) is 9.78. The molecule has 1 amide bonds. The van der Waals surface area contributed by atoms with E-state index in [1.807, 2.05) is 36.4 Å². The zero-order valence-corrected chi connectivity index (χ0v) is 40.1. The summed E-state index contributed by atoms with van der Waals surface area (Å²) >= 11 is 6.27. The number of allylic oxidation sites excluding steroid dienone is 1. The number of rotatable bonds is 12. The fourth-order valence-electron chi connectivity index (χ4n) is 10.4. The predicted octanol–water partition coefficient (Wildman–Crippen LogP) is 7.66. The van der Waals surface area contributed by atoms with Gasteiger partial charge in [-0.05, 0) is 103 Å². The number of hydrogen-bond donors (Lipinski definition) is 2. The number of nitrogens with zero attached hydrogens (tertiary/aromatic N) is 8. The van der Waals surface area contributed by atoms with Crippen molar-refractivity contribution in [1.82, 2.24) is 39.2 Å². The van der Waals surface area contributed by atoms with Crippen molar-refractivity contribution in [3.8, 4) is 5.69 Å². The number of aromatic amines is 1. The van der Waals surface area contributed by atoms with Crippen molar-refractivity contribution < 1.29 is 22.9 Å². The van der Waals surface area contributed by atoms with Gasteiger partial charge in [-0.3, -0.25) is 39.4 Å². The maximum Gasteiger partial charge on any atom is 0.275 e. The second kappa shape index (κ2) is 19.0. The Morgan fingerprint density at radius 1 is 0.926 bits per heavy atom. The molecule has 0 atom stereocenters. The third-order valence-electron chi connectivity index (χ3n) is 14.4. The molecule has 16 nitrogen and oxygen atoms in total. The molecule has 18 heteroatoms. The molecule has 3 aromatic heterocycles. The van der Waals surface area contributed by atoms with E-state index in [9.17, 15) is 23.3 Å². The van der Waals surface area contributed by atoms with Crippen LogP contribution in [-0.2, 0) is 21.3 Å². The number of piperazine rings is 2. The molecule has 0 unspecified atom stereocenters. The van der Waals surface area contributed by atoms with E-state index in [4.69, 9.17) is 21.3 Å². The van der Waals surface area contributed by atoms with E-state index >= 15 is 0 Å². The average molecular weight is 962 g/mol. The van der Waals surface area contributed by atoms with Gasteiger partial charge in [0.1, 0.15) is 5.52 Å². The zero-order chi connectivity index (χ0) is 47.2. The van der Waals surface area contributed by atoms with Crippen LogP contribution in [0.25, 0.3) is 33.3 Å². The van der Waals surface area contributed by atoms with Gasteiger partial charge in [-0.25, -0.2) is 23.1 Å². The first-order chi connectivity index (χ1) is 32.8. The highest BCUT2D eigenvalue weighted by molar-refractivity contribution is 7.90. The van der Waals surface area contributed by atoms with Gasteiger partial charge < -0.3 is 9.64 Å². The summed E-state index contributed by atoms with van der Waals surface area (Å²) in [6.07, 6.45) is 8.62. The normalized spacial score (nSPS) is 19.2. The molecule has 4 aliphatic rings. The zero-order valence-electron chi connectivity index (χ0n) is 38.5. The minimum Gasteiger partial charge on any atom is -0.381 e. The Kier molecular flexibility index (Phi) is 12.9. The van der Waals surface area contributed by atoms with Crippen molar-refractivity contribution in [3.05, 3.63) is 123 Å². The molecule has 68 heavy (non-hydrogen) atoms. The minimum atomic E-state index is -4.56. The Morgan fingerprint density at radius 2 is 1.66 bits per heavy atom. The minimum absolute atomic E-state index is 0.0818. The molecule has 356 valence electrons. The summed E-state index contributed by atoms with van der Waals surface area (Å²) in [5.74, 6) is -0.884. The van der Waals surface area contributed by atoms with Gasteiger partial charge >= 0.3 is 0 Å². The molecule has 0 spiro atoms. The Labute approximate surface area is 401 Å². The van der Waals surface area contributed by atoms with E-state index in [-0.39, 0.29) is 21.6 Å². The van der Waals surface area contributed by atoms with Gasteiger partial charge in [0.05, 0.1) is 26.6 Å². The second-order valence-corrected chi connectivity index (χ2v) is 21.5. The number of nitrogens with one attached hydrogen (secondary N) is 2. The van der Waals surface area contributed by atoms with E-state index in [1.165, 1.54) is 28.8 Å². The number of hydrogen-bond acceptors (Lipinski definition) is 12. The number of carbonyl (C=O) groups excluding carboxylic acids is 1. The SMILES string of the molecule is CC1(C)CCC(CN2CCN(c3ccc(C(=O)NS(=O)(=O)c4ccc(CN5CCN(C6CCOCC6)CC5)c([N+](=O)[O-])c4)c(-n4[nH]cc5nc6nccc6cc54)c3)CC2)=C(c2ccc(Cl)cc2)C1. The molecule has 2 N–H and O–H groups in total. The lowest BCUT2D eigenvalue weighted by molar-refractivity contribution is -0.386. The van der Waals surface area contributed by atoms with Crippen LogP contribution in [-0.4, -0.2) is 132 Å². The van der Waals surface area contributed by atoms with E-state index < -0.39 is 20.9 Å². The van der Waals surface area contributed by atoms with Crippen molar-refractivity contribution in [2.75, 3.05) is 77.0 Å². The van der Waals surface area contributed by atoms with E-state index in [2.05, 4.69) is 60.4 Å². The molecule has 0 saturated carbocycles. The highest BCUT2D eigenvalue weighted by Gasteiger charge is 2.32. The number of pyridine rings is 1. The number of sulfonamides is 1. The number of H-pyrrole nitrogens is 1. The highest BCUT2D eigenvalue weighted by Crippen LogP contribution is 2.43. The topological polar surface area (TPSA) is 175 Å². The third-order valence-corrected chi connectivity index (χ3v) is 15.9. The number of aromatic nitrogens is 4. The Bertz CT molecular complexity index is 3000. The molecule has 10 rings (SSSR count). The number of nitro groups is 1. The van der Waals surface area contributed by atoms with Crippen LogP contribution in [0.3, 0.4) is 0 Å². The van der Waals surface area contributed by atoms with Gasteiger partial charge in [0.2, 0.25) is 0 Å². The summed E-state index contributed by atoms with van der Waals surface area (Å²) in [6.45, 7) is 13.7. The first-order valence-corrected chi connectivity index (χ1v) is 25.4. The number of halogens is 1.